The second-order valence-electron chi connectivity index (χ2n) is 9.37. The maximum absolute atomic E-state index is 13.6. The van der Waals surface area contributed by atoms with Crippen LogP contribution in [0, 0.1) is 11.8 Å². The molecule has 11 heteroatoms. The third kappa shape index (κ3) is 3.72. The third-order valence-electron chi connectivity index (χ3n) is 7.38. The Bertz CT molecular complexity index is 1480. The molecular weight excluding hydrogens is 595 g/mol. The van der Waals surface area contributed by atoms with Crippen molar-refractivity contribution in [3.05, 3.63) is 70.2 Å². The number of aliphatic hydroxyl groups excluding tert-OH is 2. The normalized spacial score (nSPS) is 24.8. The number of benzene rings is 2. The van der Waals surface area contributed by atoms with Crippen LogP contribution in [0.2, 0.25) is 0 Å². The van der Waals surface area contributed by atoms with Crippen molar-refractivity contribution in [3.63, 3.8) is 0 Å². The number of hydrogen-bond acceptors (Lipinski definition) is 8. The molecule has 0 saturated carbocycles. The number of hydrogen-bond donors (Lipinski definition) is 6. The first kappa shape index (κ1) is 25.0. The van der Waals surface area contributed by atoms with E-state index in [2.05, 4.69) is 5.32 Å². The summed E-state index contributed by atoms with van der Waals surface area (Å²) in [6, 6.07) is 9.94. The van der Waals surface area contributed by atoms with Gasteiger partial charge in [-0.05, 0) is 53.6 Å². The topological polar surface area (TPSA) is 187 Å². The van der Waals surface area contributed by atoms with Gasteiger partial charge >= 0.3 is 0 Å². The number of phenols is 1. The van der Waals surface area contributed by atoms with E-state index in [0.29, 0.717) is 16.8 Å². The second-order valence-corrected chi connectivity index (χ2v) is 10.4. The van der Waals surface area contributed by atoms with Crippen LogP contribution in [0.25, 0.3) is 11.1 Å². The quantitative estimate of drug-likeness (QED) is 0.131. The van der Waals surface area contributed by atoms with E-state index in [1.165, 1.54) is 6.07 Å². The summed E-state index contributed by atoms with van der Waals surface area (Å²) >= 11 is 1.62. The molecule has 3 atom stereocenters. The maximum Gasteiger partial charge on any atom is 0.284 e. The molecule has 0 radical (unpaired) electrons. The van der Waals surface area contributed by atoms with Crippen LogP contribution in [-0.2, 0) is 16.0 Å². The Morgan fingerprint density at radius 1 is 1.03 bits per heavy atom. The number of allylic oxidation sites excluding steroid dienone is 2. The van der Waals surface area contributed by atoms with Crippen LogP contribution in [-0.4, -0.2) is 47.4 Å². The number of Topliss-reactive ketones (excluding diaryl/α,β-unsaturated/α-hetero) is 2. The van der Waals surface area contributed by atoms with Gasteiger partial charge in [0.15, 0.2) is 11.4 Å². The number of nitrogens with one attached hydrogen (secondary N) is 1. The lowest BCUT2D eigenvalue weighted by atomic mass is 9.60. The van der Waals surface area contributed by atoms with E-state index in [1.807, 2.05) is 0 Å². The molecule has 190 valence electrons. The van der Waals surface area contributed by atoms with Crippen molar-refractivity contribution in [2.45, 2.75) is 24.9 Å². The fraction of sp³-hybridized carbons (Fsp3) is 0.231. The number of anilines is 1. The Morgan fingerprint density at radius 3 is 2.32 bits per heavy atom. The van der Waals surface area contributed by atoms with E-state index in [0.717, 1.165) is 5.56 Å². The highest BCUT2D eigenvalue weighted by Crippen LogP contribution is 2.52. The molecule has 3 aliphatic carbocycles. The Kier molecular flexibility index (Phi) is 5.87. The van der Waals surface area contributed by atoms with E-state index in [-0.39, 0.29) is 40.1 Å². The number of primary amides is 1. The standard InChI is InChI=1S/C26H21IN2O8/c27-25(36)29-13-3-1-10(2-4-13)14-5-6-16(30)19-15(14)8-11-7-12-9-17(31)20(24(28)35)23(34)26(12,37)22(33)18(11)21(19)32/h1-6,11-12,30-31,33,37H,7-9H2,(H2,28,35)(H,29,36)/t11-,12+,26+/m1/s1. The first-order valence-corrected chi connectivity index (χ1v) is 12.4. The predicted molar refractivity (Wildman–Crippen MR) is 139 cm³/mol. The summed E-state index contributed by atoms with van der Waals surface area (Å²) in [7, 11) is 0. The lowest BCUT2D eigenvalue weighted by molar-refractivity contribution is -0.144. The molecule has 0 unspecified atom stereocenters. The SMILES string of the molecule is NC(=O)C1=C(O)C[C@@H]2C[C@@H]3Cc4c(-c5ccc(NC(=O)I)cc5)ccc(O)c4C(=O)C3=C(O)[C@]2(O)C1=O. The van der Waals surface area contributed by atoms with Gasteiger partial charge in [-0.3, -0.25) is 19.2 Å². The molecule has 2 amide bonds. The Labute approximate surface area is 223 Å². The van der Waals surface area contributed by atoms with Gasteiger partial charge in [-0.25, -0.2) is 0 Å². The number of amides is 2. The Hall–Kier alpha value is -3.71. The highest BCUT2D eigenvalue weighted by atomic mass is 127. The van der Waals surface area contributed by atoms with Gasteiger partial charge in [0, 0.05) is 46.2 Å². The summed E-state index contributed by atoms with van der Waals surface area (Å²) in [5.41, 5.74) is 4.04. The van der Waals surface area contributed by atoms with Gasteiger partial charge in [-0.2, -0.15) is 0 Å². The van der Waals surface area contributed by atoms with Crippen LogP contribution in [0.1, 0.15) is 28.8 Å². The number of carbonyl (C=O) groups excluding carboxylic acids is 4. The fourth-order valence-corrected chi connectivity index (χ4v) is 6.05. The molecule has 2 aromatic rings. The summed E-state index contributed by atoms with van der Waals surface area (Å²) in [4.78, 5) is 49.7. The minimum Gasteiger partial charge on any atom is -0.511 e. The Balaban J connectivity index is 1.62. The van der Waals surface area contributed by atoms with Crippen molar-refractivity contribution in [1.29, 1.82) is 0 Å². The summed E-state index contributed by atoms with van der Waals surface area (Å²) < 4.78 is -0.251. The van der Waals surface area contributed by atoms with E-state index in [9.17, 15) is 39.6 Å². The molecule has 2 aromatic carbocycles. The molecular formula is C26H21IN2O8. The number of aromatic hydroxyl groups is 1. The predicted octanol–water partition coefficient (Wildman–Crippen LogP) is 3.21. The molecule has 3 aliphatic rings. The van der Waals surface area contributed by atoms with Crippen molar-refractivity contribution in [3.8, 4) is 16.9 Å². The number of fused-ring (bicyclic) bond motifs is 3. The minimum atomic E-state index is -2.60. The van der Waals surface area contributed by atoms with Gasteiger partial charge in [-0.15, -0.1) is 0 Å². The maximum atomic E-state index is 13.6. The summed E-state index contributed by atoms with van der Waals surface area (Å²) in [5, 5.41) is 46.0. The van der Waals surface area contributed by atoms with Gasteiger partial charge in [0.1, 0.15) is 22.8 Å². The zero-order chi connectivity index (χ0) is 26.8. The smallest absolute Gasteiger partial charge is 0.284 e. The summed E-state index contributed by atoms with van der Waals surface area (Å²) in [5.74, 6) is -6.64. The zero-order valence-electron chi connectivity index (χ0n) is 19.1. The zero-order valence-corrected chi connectivity index (χ0v) is 21.3. The van der Waals surface area contributed by atoms with Gasteiger partial charge in [0.05, 0.1) is 5.56 Å². The van der Waals surface area contributed by atoms with Gasteiger partial charge in [-0.1, -0.05) is 18.2 Å². The molecule has 7 N–H and O–H groups in total. The van der Waals surface area contributed by atoms with Crippen molar-refractivity contribution >= 4 is 49.7 Å². The van der Waals surface area contributed by atoms with E-state index in [1.54, 1.807) is 52.9 Å². The number of ketones is 2. The largest absolute Gasteiger partial charge is 0.511 e. The lowest BCUT2D eigenvalue weighted by Gasteiger charge is -2.45. The van der Waals surface area contributed by atoms with Gasteiger partial charge < -0.3 is 31.5 Å². The number of aliphatic hydroxyl groups is 3. The van der Waals surface area contributed by atoms with Crippen LogP contribution in [0.15, 0.2) is 59.1 Å². The monoisotopic (exact) mass is 616 g/mol. The van der Waals surface area contributed by atoms with Crippen molar-refractivity contribution in [1.82, 2.24) is 0 Å². The molecule has 0 bridgehead atoms. The molecule has 0 aliphatic heterocycles. The number of phenolic OH excluding ortho intramolecular Hbond substituents is 1. The first-order valence-electron chi connectivity index (χ1n) is 11.3. The van der Waals surface area contributed by atoms with E-state index >= 15 is 0 Å². The van der Waals surface area contributed by atoms with Crippen molar-refractivity contribution < 1.29 is 39.6 Å². The van der Waals surface area contributed by atoms with E-state index in [4.69, 9.17) is 5.73 Å². The van der Waals surface area contributed by atoms with Crippen molar-refractivity contribution in [2.24, 2.45) is 17.6 Å². The van der Waals surface area contributed by atoms with Gasteiger partial charge in [0.2, 0.25) is 5.78 Å². The molecule has 37 heavy (non-hydrogen) atoms. The van der Waals surface area contributed by atoms with Crippen LogP contribution >= 0.6 is 22.6 Å². The van der Waals surface area contributed by atoms with Crippen LogP contribution in [0.3, 0.4) is 0 Å². The van der Waals surface area contributed by atoms with Crippen LogP contribution in [0.4, 0.5) is 10.5 Å². The van der Waals surface area contributed by atoms with Crippen molar-refractivity contribution in [2.75, 3.05) is 5.32 Å². The number of rotatable bonds is 3. The highest BCUT2D eigenvalue weighted by Gasteiger charge is 2.59. The molecule has 0 heterocycles. The molecule has 0 saturated heterocycles. The molecule has 0 fully saturated rings. The van der Waals surface area contributed by atoms with Gasteiger partial charge in [0.25, 0.3) is 9.82 Å². The molecule has 0 aromatic heterocycles. The van der Waals surface area contributed by atoms with Crippen LogP contribution < -0.4 is 11.1 Å². The van der Waals surface area contributed by atoms with E-state index < -0.39 is 52.0 Å². The fourth-order valence-electron chi connectivity index (χ4n) is 5.74. The average molecular weight is 616 g/mol. The summed E-state index contributed by atoms with van der Waals surface area (Å²) in [6.45, 7) is 0. The molecule has 0 spiro atoms. The third-order valence-corrected chi connectivity index (χ3v) is 7.65. The average Bonchev–Trinajstić information content (AvgIpc) is 2.81. The minimum absolute atomic E-state index is 0.0542. The summed E-state index contributed by atoms with van der Waals surface area (Å²) in [6.07, 6.45) is -0.0324. The second kappa shape index (κ2) is 8.70. The number of halogens is 1. The number of carbonyl (C=O) groups is 4. The lowest BCUT2D eigenvalue weighted by Crippen LogP contribution is -2.57. The molecule has 10 nitrogen and oxygen atoms in total. The highest BCUT2D eigenvalue weighted by molar-refractivity contribution is 14.1. The Morgan fingerprint density at radius 2 is 1.70 bits per heavy atom. The number of nitrogens with two attached hydrogens (primary N) is 1. The van der Waals surface area contributed by atoms with Crippen LogP contribution in [0.5, 0.6) is 5.75 Å². The molecule has 5 rings (SSSR count). The first-order chi connectivity index (χ1) is 17.4.